The second-order valence-electron chi connectivity index (χ2n) is 6.26. The van der Waals surface area contributed by atoms with E-state index in [1.165, 1.54) is 0 Å². The standard InChI is InChI=1S/C18H22N4O2/c1-21-9-8-20-18(24)16(21)10-17(23)22(2)12-14-5-3-4-13-11-19-7-6-15(13)14/h3-7,11,16H,8-10,12H2,1-2H3,(H,20,24). The fourth-order valence-electron chi connectivity index (χ4n) is 3.07. The molecule has 6 heteroatoms. The number of amides is 2. The Hall–Kier alpha value is -2.47. The first-order chi connectivity index (χ1) is 11.6. The van der Waals surface area contributed by atoms with Crippen LogP contribution in [0.4, 0.5) is 0 Å². The van der Waals surface area contributed by atoms with E-state index in [1.54, 1.807) is 18.1 Å². The first kappa shape index (κ1) is 16.4. The molecule has 1 N–H and O–H groups in total. The van der Waals surface area contributed by atoms with Gasteiger partial charge in [-0.2, -0.15) is 0 Å². The maximum atomic E-state index is 12.5. The molecule has 1 aromatic heterocycles. The van der Waals surface area contributed by atoms with E-state index in [2.05, 4.69) is 10.3 Å². The lowest BCUT2D eigenvalue weighted by atomic mass is 10.1. The highest BCUT2D eigenvalue weighted by Crippen LogP contribution is 2.19. The van der Waals surface area contributed by atoms with Gasteiger partial charge in [-0.3, -0.25) is 19.5 Å². The molecule has 0 spiro atoms. The number of likely N-dealkylation sites (N-methyl/N-ethyl adjacent to an activating group) is 1. The number of rotatable bonds is 4. The van der Waals surface area contributed by atoms with Crippen molar-refractivity contribution in [2.75, 3.05) is 27.2 Å². The van der Waals surface area contributed by atoms with Crippen LogP contribution in [0.15, 0.2) is 36.7 Å². The van der Waals surface area contributed by atoms with E-state index in [9.17, 15) is 9.59 Å². The molecule has 3 rings (SSSR count). The molecule has 1 atom stereocenters. The number of aromatic nitrogens is 1. The molecule has 2 heterocycles. The van der Waals surface area contributed by atoms with Gasteiger partial charge in [0.05, 0.1) is 12.5 Å². The van der Waals surface area contributed by atoms with E-state index in [0.717, 1.165) is 22.9 Å². The van der Waals surface area contributed by atoms with E-state index < -0.39 is 0 Å². The van der Waals surface area contributed by atoms with Crippen LogP contribution >= 0.6 is 0 Å². The molecule has 1 aromatic carbocycles. The molecule has 0 radical (unpaired) electrons. The highest BCUT2D eigenvalue weighted by molar-refractivity contribution is 5.89. The van der Waals surface area contributed by atoms with Gasteiger partial charge in [0, 0.05) is 44.5 Å². The van der Waals surface area contributed by atoms with Crippen molar-refractivity contribution >= 4 is 22.6 Å². The maximum Gasteiger partial charge on any atom is 0.237 e. The number of hydrogen-bond acceptors (Lipinski definition) is 4. The third-order valence-electron chi connectivity index (χ3n) is 4.57. The number of fused-ring (bicyclic) bond motifs is 1. The zero-order valence-corrected chi connectivity index (χ0v) is 14.0. The molecule has 24 heavy (non-hydrogen) atoms. The van der Waals surface area contributed by atoms with Gasteiger partial charge in [-0.25, -0.2) is 0 Å². The molecule has 126 valence electrons. The topological polar surface area (TPSA) is 65.5 Å². The van der Waals surface area contributed by atoms with Crippen LogP contribution < -0.4 is 5.32 Å². The average molecular weight is 326 g/mol. The van der Waals surface area contributed by atoms with Gasteiger partial charge < -0.3 is 10.2 Å². The number of hydrogen-bond donors (Lipinski definition) is 1. The summed E-state index contributed by atoms with van der Waals surface area (Å²) in [7, 11) is 3.66. The van der Waals surface area contributed by atoms with Gasteiger partial charge in [0.25, 0.3) is 0 Å². The molecule has 1 aliphatic rings. The minimum absolute atomic E-state index is 0.0324. The smallest absolute Gasteiger partial charge is 0.237 e. The zero-order valence-electron chi connectivity index (χ0n) is 14.0. The number of carbonyl (C=O) groups is 2. The molecular weight excluding hydrogens is 304 g/mol. The fraction of sp³-hybridized carbons (Fsp3) is 0.389. The van der Waals surface area contributed by atoms with Crippen LogP contribution in [0.2, 0.25) is 0 Å². The number of pyridine rings is 1. The summed E-state index contributed by atoms with van der Waals surface area (Å²) in [6.45, 7) is 1.92. The Morgan fingerprint density at radius 2 is 2.25 bits per heavy atom. The van der Waals surface area contributed by atoms with Crippen LogP contribution in [0, 0.1) is 0 Å². The van der Waals surface area contributed by atoms with Crippen molar-refractivity contribution in [3.05, 3.63) is 42.2 Å². The number of carbonyl (C=O) groups excluding carboxylic acids is 2. The molecule has 2 aromatic rings. The second kappa shape index (κ2) is 6.97. The summed E-state index contributed by atoms with van der Waals surface area (Å²) in [5.74, 6) is -0.100. The Balaban J connectivity index is 1.70. The molecule has 1 aliphatic heterocycles. The lowest BCUT2D eigenvalue weighted by Crippen LogP contribution is -2.54. The average Bonchev–Trinajstić information content (AvgIpc) is 2.58. The van der Waals surface area contributed by atoms with Crippen molar-refractivity contribution in [3.8, 4) is 0 Å². The molecule has 1 unspecified atom stereocenters. The molecule has 6 nitrogen and oxygen atoms in total. The van der Waals surface area contributed by atoms with Crippen LogP contribution in [0.25, 0.3) is 10.8 Å². The Bertz CT molecular complexity index is 756. The number of nitrogens with one attached hydrogen (secondary N) is 1. The molecule has 2 amide bonds. The quantitative estimate of drug-likeness (QED) is 0.911. The van der Waals surface area contributed by atoms with Crippen LogP contribution in [0.3, 0.4) is 0 Å². The molecule has 0 bridgehead atoms. The molecule has 0 aliphatic carbocycles. The fourth-order valence-corrected chi connectivity index (χ4v) is 3.07. The summed E-state index contributed by atoms with van der Waals surface area (Å²) in [6, 6.07) is 7.58. The first-order valence-corrected chi connectivity index (χ1v) is 8.10. The summed E-state index contributed by atoms with van der Waals surface area (Å²) in [5.41, 5.74) is 1.08. The molecular formula is C18H22N4O2. The molecule has 1 saturated heterocycles. The monoisotopic (exact) mass is 326 g/mol. The minimum atomic E-state index is -0.384. The Kier molecular flexibility index (Phi) is 4.76. The highest BCUT2D eigenvalue weighted by Gasteiger charge is 2.30. The lowest BCUT2D eigenvalue weighted by molar-refractivity contribution is -0.137. The third-order valence-corrected chi connectivity index (χ3v) is 4.57. The third kappa shape index (κ3) is 3.38. The molecule has 1 fully saturated rings. The van der Waals surface area contributed by atoms with E-state index in [0.29, 0.717) is 13.1 Å². The Morgan fingerprint density at radius 1 is 1.42 bits per heavy atom. The molecule has 0 saturated carbocycles. The summed E-state index contributed by atoms with van der Waals surface area (Å²) in [6.07, 6.45) is 3.78. The maximum absolute atomic E-state index is 12.5. The van der Waals surface area contributed by atoms with Gasteiger partial charge in [0.1, 0.15) is 0 Å². The number of piperazine rings is 1. The van der Waals surface area contributed by atoms with Gasteiger partial charge in [-0.1, -0.05) is 18.2 Å². The normalized spacial score (nSPS) is 18.4. The van der Waals surface area contributed by atoms with E-state index >= 15 is 0 Å². The largest absolute Gasteiger partial charge is 0.353 e. The summed E-state index contributed by atoms with van der Waals surface area (Å²) in [5, 5.41) is 4.98. The number of nitrogens with zero attached hydrogens (tertiary/aromatic N) is 3. The van der Waals surface area contributed by atoms with Crippen molar-refractivity contribution in [2.45, 2.75) is 19.0 Å². The predicted molar refractivity (Wildman–Crippen MR) is 92.3 cm³/mol. The number of benzene rings is 1. The Morgan fingerprint density at radius 3 is 3.04 bits per heavy atom. The van der Waals surface area contributed by atoms with Gasteiger partial charge in [0.2, 0.25) is 11.8 Å². The van der Waals surface area contributed by atoms with Crippen molar-refractivity contribution in [2.24, 2.45) is 0 Å². The minimum Gasteiger partial charge on any atom is -0.353 e. The van der Waals surface area contributed by atoms with Crippen LogP contribution in [0.1, 0.15) is 12.0 Å². The van der Waals surface area contributed by atoms with E-state index in [-0.39, 0.29) is 24.3 Å². The van der Waals surface area contributed by atoms with Crippen molar-refractivity contribution in [1.29, 1.82) is 0 Å². The van der Waals surface area contributed by atoms with Gasteiger partial charge in [-0.05, 0) is 24.1 Å². The van der Waals surface area contributed by atoms with Crippen LogP contribution in [0.5, 0.6) is 0 Å². The van der Waals surface area contributed by atoms with Gasteiger partial charge in [0.15, 0.2) is 0 Å². The lowest BCUT2D eigenvalue weighted by Gasteiger charge is -2.32. The van der Waals surface area contributed by atoms with Crippen molar-refractivity contribution < 1.29 is 9.59 Å². The van der Waals surface area contributed by atoms with Crippen molar-refractivity contribution in [1.82, 2.24) is 20.1 Å². The van der Waals surface area contributed by atoms with E-state index in [1.807, 2.05) is 42.4 Å². The van der Waals surface area contributed by atoms with Gasteiger partial charge in [-0.15, -0.1) is 0 Å². The Labute approximate surface area is 141 Å². The van der Waals surface area contributed by atoms with Crippen LogP contribution in [-0.4, -0.2) is 59.8 Å². The summed E-state index contributed by atoms with van der Waals surface area (Å²) in [4.78, 5) is 32.3. The second-order valence-corrected chi connectivity index (χ2v) is 6.26. The SMILES string of the molecule is CN(Cc1cccc2cnccc12)C(=O)CC1C(=O)NCCN1C. The highest BCUT2D eigenvalue weighted by atomic mass is 16.2. The summed E-state index contributed by atoms with van der Waals surface area (Å²) >= 11 is 0. The summed E-state index contributed by atoms with van der Waals surface area (Å²) < 4.78 is 0. The van der Waals surface area contributed by atoms with Crippen molar-refractivity contribution in [3.63, 3.8) is 0 Å². The van der Waals surface area contributed by atoms with E-state index in [4.69, 9.17) is 0 Å². The first-order valence-electron chi connectivity index (χ1n) is 8.10. The van der Waals surface area contributed by atoms with Gasteiger partial charge >= 0.3 is 0 Å². The zero-order chi connectivity index (χ0) is 17.1. The van der Waals surface area contributed by atoms with Crippen LogP contribution in [-0.2, 0) is 16.1 Å². The predicted octanol–water partition coefficient (Wildman–Crippen LogP) is 1.01.